The second-order valence-corrected chi connectivity index (χ2v) is 18.6. The van der Waals surface area contributed by atoms with Crippen LogP contribution in [-0.2, 0) is 24.9 Å². The second-order valence-electron chi connectivity index (χ2n) is 8.38. The number of nitrogens with zero attached hydrogens (tertiary/aromatic N) is 5. The summed E-state index contributed by atoms with van der Waals surface area (Å²) in [5, 5.41) is 5.24. The molecule has 0 bridgehead atoms. The van der Waals surface area contributed by atoms with Gasteiger partial charge in [0.05, 0.1) is 57.7 Å². The maximum atomic E-state index is 8.14. The van der Waals surface area contributed by atoms with Crippen molar-refractivity contribution in [3.63, 3.8) is 0 Å². The van der Waals surface area contributed by atoms with E-state index in [0.29, 0.717) is 46.2 Å². The lowest BCUT2D eigenvalue weighted by atomic mass is 10.5. The van der Waals surface area contributed by atoms with Crippen LogP contribution in [0.4, 0.5) is 0 Å². The van der Waals surface area contributed by atoms with Crippen molar-refractivity contribution < 1.29 is 18.3 Å². The van der Waals surface area contributed by atoms with E-state index in [2.05, 4.69) is 46.2 Å². The lowest BCUT2D eigenvalue weighted by molar-refractivity contribution is 0.0113. The van der Waals surface area contributed by atoms with Crippen LogP contribution in [0.3, 0.4) is 0 Å². The van der Waals surface area contributed by atoms with Crippen molar-refractivity contribution in [2.45, 2.75) is 50.3 Å². The summed E-state index contributed by atoms with van der Waals surface area (Å²) in [6, 6.07) is 1.11. The highest BCUT2D eigenvalue weighted by atomic mass is 32.2. The number of rotatable bonds is 19. The number of aromatic nitrogens is 2. The summed E-state index contributed by atoms with van der Waals surface area (Å²) in [7, 11) is -3.44. The van der Waals surface area contributed by atoms with Gasteiger partial charge in [0.1, 0.15) is 5.03 Å². The molecule has 0 saturated heterocycles. The second kappa shape index (κ2) is 16.6. The molecule has 32 heavy (non-hydrogen) atoms. The first-order valence-corrected chi connectivity index (χ1v) is 18.1. The number of hydrogen-bond donors (Lipinski definition) is 1. The topological polar surface area (TPSA) is 137 Å². The van der Waals surface area contributed by atoms with Gasteiger partial charge in [0.15, 0.2) is 16.6 Å². The summed E-state index contributed by atoms with van der Waals surface area (Å²) < 4.78 is 22.8. The largest absolute Gasteiger partial charge is 0.455 e. The Morgan fingerprint density at radius 2 is 1.69 bits per heavy atom. The highest BCUT2D eigenvalue weighted by Crippen LogP contribution is 2.25. The van der Waals surface area contributed by atoms with Crippen LogP contribution in [0.15, 0.2) is 22.5 Å². The van der Waals surface area contributed by atoms with Crippen molar-refractivity contribution in [3.8, 4) is 0 Å². The average molecular weight is 503 g/mol. The molecule has 0 aliphatic carbocycles. The van der Waals surface area contributed by atoms with Crippen LogP contribution in [0.5, 0.6) is 0 Å². The fourth-order valence-electron chi connectivity index (χ4n) is 2.86. The van der Waals surface area contributed by atoms with Crippen LogP contribution in [0.1, 0.15) is 12.1 Å². The Morgan fingerprint density at radius 3 is 2.31 bits per heavy atom. The molecule has 10 nitrogen and oxygen atoms in total. The molecule has 0 aliphatic rings. The van der Waals surface area contributed by atoms with E-state index < -0.39 is 16.6 Å². The third-order valence-corrected chi connectivity index (χ3v) is 14.0. The molecule has 0 aliphatic heterocycles. The molecule has 0 aromatic carbocycles. The molecule has 0 spiro atoms. The summed E-state index contributed by atoms with van der Waals surface area (Å²) in [5.74, 6) is 0. The monoisotopic (exact) mass is 502 g/mol. The fourth-order valence-corrected chi connectivity index (χ4v) is 13.3. The molecule has 0 unspecified atom stereocenters. The molecule has 2 N–H and O–H groups in total. The fraction of sp³-hybridized carbons (Fsp3) is 0.789. The summed E-state index contributed by atoms with van der Waals surface area (Å²) in [6.07, 6.45) is 4.59. The number of nitrogens with two attached hydrogens (primary N) is 1. The van der Waals surface area contributed by atoms with Gasteiger partial charge in [-0.05, 0) is 50.7 Å². The minimum Gasteiger partial charge on any atom is -0.455 e. The normalized spacial score (nSPS) is 12.0. The average Bonchev–Trinajstić information content (AvgIpc) is 2.75. The summed E-state index contributed by atoms with van der Waals surface area (Å²) >= 11 is 1.71. The van der Waals surface area contributed by atoms with Gasteiger partial charge in [-0.15, -0.1) is 11.8 Å². The van der Waals surface area contributed by atoms with Crippen LogP contribution in [-0.4, -0.2) is 78.1 Å². The molecular weight excluding hydrogens is 464 g/mol. The molecule has 1 heterocycles. The Hall–Kier alpha value is -1.03. The molecule has 1 aromatic rings. The van der Waals surface area contributed by atoms with E-state index in [4.69, 9.17) is 29.6 Å². The standard InChI is InChI=1S/C19H38N6O4SSi2/c1-31(2,13-5-6-20)29-32(3,4)17-30-19-15-22-18(14-23-19)16-28-12-11-27-10-9-26-8-7-24-25-21/h14-15H,5-13,16-17,20H2,1-4H3. The van der Waals surface area contributed by atoms with Gasteiger partial charge in [0.25, 0.3) is 0 Å². The molecule has 0 atom stereocenters. The molecular formula is C19H38N6O4SSi2. The van der Waals surface area contributed by atoms with Crippen LogP contribution in [0.25, 0.3) is 10.4 Å². The van der Waals surface area contributed by atoms with E-state index in [0.717, 1.165) is 35.1 Å². The quantitative estimate of drug-likeness (QED) is 0.0754. The third kappa shape index (κ3) is 14.9. The zero-order valence-electron chi connectivity index (χ0n) is 19.8. The van der Waals surface area contributed by atoms with Crippen LogP contribution in [0, 0.1) is 0 Å². The Bertz CT molecular complexity index is 678. The van der Waals surface area contributed by atoms with Gasteiger partial charge in [0, 0.05) is 16.8 Å². The van der Waals surface area contributed by atoms with E-state index in [1.165, 1.54) is 0 Å². The van der Waals surface area contributed by atoms with E-state index in [9.17, 15) is 0 Å². The van der Waals surface area contributed by atoms with Crippen molar-refractivity contribution in [1.82, 2.24) is 9.97 Å². The summed E-state index contributed by atoms with van der Waals surface area (Å²) in [5.41, 5.74) is 14.6. The van der Waals surface area contributed by atoms with Gasteiger partial charge in [0.2, 0.25) is 0 Å². The molecule has 13 heteroatoms. The Balaban J connectivity index is 2.19. The molecule has 182 valence electrons. The minimum atomic E-state index is -1.78. The van der Waals surface area contributed by atoms with Gasteiger partial charge < -0.3 is 24.1 Å². The maximum Gasteiger partial charge on any atom is 0.183 e. The van der Waals surface area contributed by atoms with Gasteiger partial charge in [-0.3, -0.25) is 4.98 Å². The van der Waals surface area contributed by atoms with Gasteiger partial charge in [-0.2, -0.15) is 0 Å². The zero-order chi connectivity index (χ0) is 23.7. The van der Waals surface area contributed by atoms with E-state index in [1.54, 1.807) is 24.2 Å². The lowest BCUT2D eigenvalue weighted by Gasteiger charge is -2.33. The first-order valence-electron chi connectivity index (χ1n) is 10.9. The molecule has 0 amide bonds. The van der Waals surface area contributed by atoms with Crippen molar-refractivity contribution in [3.05, 3.63) is 28.5 Å². The minimum absolute atomic E-state index is 0.334. The Labute approximate surface area is 197 Å². The van der Waals surface area contributed by atoms with Crippen LogP contribution >= 0.6 is 11.8 Å². The molecule has 1 aromatic heterocycles. The first-order chi connectivity index (χ1) is 15.3. The van der Waals surface area contributed by atoms with Gasteiger partial charge in [-0.1, -0.05) is 5.11 Å². The number of thioether (sulfide) groups is 1. The third-order valence-electron chi connectivity index (χ3n) is 4.18. The van der Waals surface area contributed by atoms with Gasteiger partial charge in [-0.25, -0.2) is 4.98 Å². The van der Waals surface area contributed by atoms with Crippen molar-refractivity contribution in [1.29, 1.82) is 0 Å². The van der Waals surface area contributed by atoms with Crippen LogP contribution in [0.2, 0.25) is 32.2 Å². The molecule has 0 fully saturated rings. The lowest BCUT2D eigenvalue weighted by Crippen LogP contribution is -2.46. The molecule has 1 rings (SSSR count). The summed E-state index contributed by atoms with van der Waals surface area (Å²) in [4.78, 5) is 11.6. The highest BCUT2D eigenvalue weighted by molar-refractivity contribution is 8.00. The maximum absolute atomic E-state index is 8.14. The smallest absolute Gasteiger partial charge is 0.183 e. The van der Waals surface area contributed by atoms with Crippen molar-refractivity contribution in [2.24, 2.45) is 10.8 Å². The molecule has 0 saturated carbocycles. The Kier molecular flexibility index (Phi) is 15.0. The number of hydrogen-bond acceptors (Lipinski definition) is 9. The van der Waals surface area contributed by atoms with E-state index in [-0.39, 0.29) is 0 Å². The highest BCUT2D eigenvalue weighted by Gasteiger charge is 2.32. The number of azide groups is 1. The van der Waals surface area contributed by atoms with E-state index in [1.807, 2.05) is 0 Å². The first kappa shape index (κ1) is 29.0. The van der Waals surface area contributed by atoms with Gasteiger partial charge >= 0.3 is 0 Å². The zero-order valence-corrected chi connectivity index (χ0v) is 22.6. The predicted octanol–water partition coefficient (Wildman–Crippen LogP) is 3.74. The van der Waals surface area contributed by atoms with Crippen molar-refractivity contribution in [2.75, 3.05) is 51.5 Å². The SMILES string of the molecule is C[Si](C)(CCCN)O[Si](C)(C)CSc1cnc(COCCOCCOCCN=[N+]=[N-])cn1. The Morgan fingerprint density at radius 1 is 1.00 bits per heavy atom. The van der Waals surface area contributed by atoms with Crippen LogP contribution < -0.4 is 5.73 Å². The van der Waals surface area contributed by atoms with E-state index >= 15 is 0 Å². The summed E-state index contributed by atoms with van der Waals surface area (Å²) in [6.45, 7) is 12.8. The van der Waals surface area contributed by atoms with Crippen molar-refractivity contribution >= 4 is 28.4 Å². The molecule has 0 radical (unpaired) electrons. The predicted molar refractivity (Wildman–Crippen MR) is 133 cm³/mol. The number of ether oxygens (including phenoxy) is 3.